The smallest absolute Gasteiger partial charge is 0.247 e. The second kappa shape index (κ2) is 5.25. The number of halogens is 1. The molecule has 1 aliphatic rings. The molecule has 3 rings (SSSR count). The van der Waals surface area contributed by atoms with Crippen LogP contribution in [0.2, 0.25) is 0 Å². The van der Waals surface area contributed by atoms with Gasteiger partial charge >= 0.3 is 0 Å². The fourth-order valence-corrected chi connectivity index (χ4v) is 2.42. The molecule has 2 N–H and O–H groups in total. The maximum atomic E-state index is 13.5. The van der Waals surface area contributed by atoms with Crippen molar-refractivity contribution >= 4 is 17.3 Å². The van der Waals surface area contributed by atoms with Gasteiger partial charge in [-0.25, -0.2) is 4.39 Å². The van der Waals surface area contributed by atoms with Crippen molar-refractivity contribution in [2.24, 2.45) is 0 Å². The zero-order valence-corrected chi connectivity index (χ0v) is 11.1. The van der Waals surface area contributed by atoms with Crippen LogP contribution >= 0.6 is 0 Å². The number of carbonyl (C=O) groups is 1. The van der Waals surface area contributed by atoms with E-state index in [1.165, 1.54) is 18.2 Å². The van der Waals surface area contributed by atoms with Crippen molar-refractivity contribution in [3.05, 3.63) is 59.4 Å². The number of benzene rings is 2. The van der Waals surface area contributed by atoms with E-state index < -0.39 is 11.9 Å². The molecule has 0 spiro atoms. The highest BCUT2D eigenvalue weighted by molar-refractivity contribution is 5.98. The first-order valence-corrected chi connectivity index (χ1v) is 6.53. The summed E-state index contributed by atoms with van der Waals surface area (Å²) in [5, 5.41) is 14.7. The Labute approximate surface area is 121 Å². The predicted octanol–water partition coefficient (Wildman–Crippen LogP) is 2.67. The summed E-state index contributed by atoms with van der Waals surface area (Å²) in [7, 11) is 0. The van der Waals surface area contributed by atoms with E-state index in [1.807, 2.05) is 24.3 Å². The molecule has 1 aliphatic heterocycles. The third-order valence-corrected chi connectivity index (χ3v) is 3.47. The fourth-order valence-electron chi connectivity index (χ4n) is 2.42. The molecule has 1 atom stereocenters. The van der Waals surface area contributed by atoms with Crippen molar-refractivity contribution < 1.29 is 9.18 Å². The van der Waals surface area contributed by atoms with E-state index in [9.17, 15) is 9.18 Å². The molecule has 0 aromatic heterocycles. The van der Waals surface area contributed by atoms with Gasteiger partial charge in [-0.2, -0.15) is 5.26 Å². The summed E-state index contributed by atoms with van der Waals surface area (Å²) in [4.78, 5) is 12.3. The predicted molar refractivity (Wildman–Crippen MR) is 77.3 cm³/mol. The number of nitrogens with one attached hydrogen (secondary N) is 2. The van der Waals surface area contributed by atoms with Crippen LogP contribution in [0, 0.1) is 17.1 Å². The Morgan fingerprint density at radius 1 is 1.29 bits per heavy atom. The average Bonchev–Trinajstić information content (AvgIpc) is 2.91. The highest BCUT2D eigenvalue weighted by atomic mass is 19.1. The first-order chi connectivity index (χ1) is 10.2. The third-order valence-electron chi connectivity index (χ3n) is 3.47. The molecular formula is C16H12FN3O. The van der Waals surface area contributed by atoms with E-state index in [4.69, 9.17) is 5.26 Å². The Morgan fingerprint density at radius 2 is 2.10 bits per heavy atom. The van der Waals surface area contributed by atoms with E-state index in [0.717, 1.165) is 11.3 Å². The standard InChI is InChI=1S/C16H12FN3O/c17-12-5-3-7-14(11(12)9-18)20-16(21)15-8-10-4-1-2-6-13(10)19-15/h1-7,15,19H,8H2,(H,20,21)/t15-/m0/s1. The van der Waals surface area contributed by atoms with Gasteiger partial charge in [0.2, 0.25) is 5.91 Å². The number of hydrogen-bond acceptors (Lipinski definition) is 3. The normalized spacial score (nSPS) is 15.7. The van der Waals surface area contributed by atoms with Crippen molar-refractivity contribution in [2.45, 2.75) is 12.5 Å². The van der Waals surface area contributed by atoms with Gasteiger partial charge in [0.05, 0.1) is 5.69 Å². The first-order valence-electron chi connectivity index (χ1n) is 6.53. The van der Waals surface area contributed by atoms with Crippen molar-refractivity contribution in [1.82, 2.24) is 0 Å². The molecule has 0 unspecified atom stereocenters. The van der Waals surface area contributed by atoms with Crippen LogP contribution in [-0.4, -0.2) is 11.9 Å². The van der Waals surface area contributed by atoms with Gasteiger partial charge in [0, 0.05) is 12.1 Å². The molecule has 104 valence electrons. The molecule has 4 nitrogen and oxygen atoms in total. The first kappa shape index (κ1) is 13.1. The summed E-state index contributed by atoms with van der Waals surface area (Å²) < 4.78 is 13.5. The van der Waals surface area contributed by atoms with Crippen molar-refractivity contribution in [3.8, 4) is 6.07 Å². The van der Waals surface area contributed by atoms with Gasteiger partial charge in [-0.1, -0.05) is 24.3 Å². The SMILES string of the molecule is N#Cc1c(F)cccc1NC(=O)[C@@H]1Cc2ccccc2N1. The van der Waals surface area contributed by atoms with E-state index in [0.29, 0.717) is 6.42 Å². The quantitative estimate of drug-likeness (QED) is 0.889. The molecule has 1 amide bonds. The molecule has 0 saturated carbocycles. The lowest BCUT2D eigenvalue weighted by Gasteiger charge is -2.13. The second-order valence-corrected chi connectivity index (χ2v) is 4.82. The van der Waals surface area contributed by atoms with Crippen molar-refractivity contribution in [1.29, 1.82) is 5.26 Å². The molecule has 0 saturated heterocycles. The van der Waals surface area contributed by atoms with Crippen LogP contribution in [0.4, 0.5) is 15.8 Å². The van der Waals surface area contributed by atoms with Crippen LogP contribution in [0.1, 0.15) is 11.1 Å². The minimum absolute atomic E-state index is 0.152. The maximum Gasteiger partial charge on any atom is 0.247 e. The highest BCUT2D eigenvalue weighted by Crippen LogP contribution is 2.26. The summed E-state index contributed by atoms with van der Waals surface area (Å²) in [6.45, 7) is 0. The van der Waals surface area contributed by atoms with Crippen LogP contribution in [0.3, 0.4) is 0 Å². The molecule has 0 fully saturated rings. The third kappa shape index (κ3) is 2.43. The van der Waals surface area contributed by atoms with Gasteiger partial charge in [-0.15, -0.1) is 0 Å². The lowest BCUT2D eigenvalue weighted by atomic mass is 10.1. The summed E-state index contributed by atoms with van der Waals surface area (Å²) in [6, 6.07) is 13.2. The largest absolute Gasteiger partial charge is 0.373 e. The number of carbonyl (C=O) groups excluding carboxylic acids is 1. The Morgan fingerprint density at radius 3 is 2.86 bits per heavy atom. The Hall–Kier alpha value is -2.87. The fraction of sp³-hybridized carbons (Fsp3) is 0.125. The minimum Gasteiger partial charge on any atom is -0.373 e. The van der Waals surface area contributed by atoms with E-state index in [2.05, 4.69) is 10.6 Å². The number of nitriles is 1. The van der Waals surface area contributed by atoms with Crippen LogP contribution in [-0.2, 0) is 11.2 Å². The number of fused-ring (bicyclic) bond motifs is 1. The molecular weight excluding hydrogens is 269 g/mol. The van der Waals surface area contributed by atoms with Crippen molar-refractivity contribution in [3.63, 3.8) is 0 Å². The Bertz CT molecular complexity index is 726. The van der Waals surface area contributed by atoms with E-state index >= 15 is 0 Å². The van der Waals surface area contributed by atoms with E-state index in [-0.39, 0.29) is 17.2 Å². The molecule has 21 heavy (non-hydrogen) atoms. The second-order valence-electron chi connectivity index (χ2n) is 4.82. The van der Waals surface area contributed by atoms with Gasteiger partial charge in [0.25, 0.3) is 0 Å². The van der Waals surface area contributed by atoms with Crippen LogP contribution in [0.5, 0.6) is 0 Å². The average molecular weight is 281 g/mol. The summed E-state index contributed by atoms with van der Waals surface area (Å²) in [5.74, 6) is -0.925. The number of para-hydroxylation sites is 1. The van der Waals surface area contributed by atoms with Gasteiger partial charge in [0.15, 0.2) is 0 Å². The number of rotatable bonds is 2. The van der Waals surface area contributed by atoms with Crippen LogP contribution < -0.4 is 10.6 Å². The molecule has 1 heterocycles. The molecule has 0 aliphatic carbocycles. The van der Waals surface area contributed by atoms with Gasteiger partial charge < -0.3 is 10.6 Å². The van der Waals surface area contributed by atoms with Crippen molar-refractivity contribution in [2.75, 3.05) is 10.6 Å². The molecule has 0 radical (unpaired) electrons. The Kier molecular flexibility index (Phi) is 3.28. The van der Waals surface area contributed by atoms with Crippen LogP contribution in [0.25, 0.3) is 0 Å². The van der Waals surface area contributed by atoms with Gasteiger partial charge in [-0.3, -0.25) is 4.79 Å². The van der Waals surface area contributed by atoms with Gasteiger partial charge in [-0.05, 0) is 23.8 Å². The van der Waals surface area contributed by atoms with Crippen LogP contribution in [0.15, 0.2) is 42.5 Å². The topological polar surface area (TPSA) is 64.9 Å². The highest BCUT2D eigenvalue weighted by Gasteiger charge is 2.26. The lowest BCUT2D eigenvalue weighted by molar-refractivity contribution is -0.116. The number of anilines is 2. The number of nitrogens with zero attached hydrogens (tertiary/aromatic N) is 1. The Balaban J connectivity index is 1.78. The lowest BCUT2D eigenvalue weighted by Crippen LogP contribution is -2.33. The molecule has 5 heteroatoms. The summed E-state index contributed by atoms with van der Waals surface area (Å²) in [5.41, 5.74) is 2.04. The number of hydrogen-bond donors (Lipinski definition) is 2. The molecule has 0 bridgehead atoms. The zero-order chi connectivity index (χ0) is 14.8. The van der Waals surface area contributed by atoms with Gasteiger partial charge in [0.1, 0.15) is 23.5 Å². The van der Waals surface area contributed by atoms with E-state index in [1.54, 1.807) is 6.07 Å². The summed E-state index contributed by atoms with van der Waals surface area (Å²) >= 11 is 0. The minimum atomic E-state index is -0.641. The zero-order valence-electron chi connectivity index (χ0n) is 11.1. The number of amides is 1. The maximum absolute atomic E-state index is 13.5. The monoisotopic (exact) mass is 281 g/mol. The molecule has 2 aromatic carbocycles. The summed E-state index contributed by atoms with van der Waals surface area (Å²) in [6.07, 6.45) is 0.569. The molecule has 2 aromatic rings.